The molecule has 0 N–H and O–H groups in total. The Morgan fingerprint density at radius 1 is 1.22 bits per heavy atom. The zero-order chi connectivity index (χ0) is 6.95. The lowest BCUT2D eigenvalue weighted by molar-refractivity contribution is 0.663. The maximum absolute atomic E-state index is 5.46. The van der Waals surface area contributed by atoms with Gasteiger partial charge in [0.05, 0.1) is 0 Å². The van der Waals surface area contributed by atoms with Crippen LogP contribution >= 0.6 is 11.6 Å². The first-order valence-corrected chi connectivity index (χ1v) is 4.33. The second-order valence-corrected chi connectivity index (χ2v) is 2.60. The highest BCUT2D eigenvalue weighted by Gasteiger charge is 1.86. The molecule has 1 heteroatoms. The Morgan fingerprint density at radius 3 is 2.56 bits per heavy atom. The summed E-state index contributed by atoms with van der Waals surface area (Å²) in [6.45, 7) is 2.23. The second kappa shape index (κ2) is 8.29. The summed E-state index contributed by atoms with van der Waals surface area (Å²) in [6.07, 6.45) is 8.71. The van der Waals surface area contributed by atoms with Crippen molar-refractivity contribution < 1.29 is 0 Å². The molecule has 0 aromatic rings. The third-order valence-corrected chi connectivity index (χ3v) is 1.59. The third kappa shape index (κ3) is 8.29. The summed E-state index contributed by atoms with van der Waals surface area (Å²) in [5, 5.41) is 0. The Kier molecular flexibility index (Phi) is 8.56. The molecule has 9 heavy (non-hydrogen) atoms. The van der Waals surface area contributed by atoms with Crippen molar-refractivity contribution in [2.75, 3.05) is 5.88 Å². The highest BCUT2D eigenvalue weighted by Crippen LogP contribution is 2.04. The third-order valence-electron chi connectivity index (χ3n) is 1.37. The van der Waals surface area contributed by atoms with Gasteiger partial charge in [-0.05, 0) is 12.8 Å². The van der Waals surface area contributed by atoms with Crippen molar-refractivity contribution in [3.63, 3.8) is 0 Å². The lowest BCUT2D eigenvalue weighted by atomic mass is 10.1. The van der Waals surface area contributed by atoms with E-state index in [-0.39, 0.29) is 0 Å². The van der Waals surface area contributed by atoms with Crippen LogP contribution in [0.5, 0.6) is 0 Å². The van der Waals surface area contributed by atoms with Crippen LogP contribution < -0.4 is 0 Å². The Labute approximate surface area is 63.6 Å². The number of halogens is 1. The first-order chi connectivity index (χ1) is 4.41. The molecule has 0 nitrogen and oxygen atoms in total. The predicted octanol–water partition coefficient (Wildman–Crippen LogP) is 3.40. The molecule has 1 radical (unpaired) electrons. The molecule has 55 valence electrons. The van der Waals surface area contributed by atoms with Gasteiger partial charge >= 0.3 is 0 Å². The Morgan fingerprint density at radius 2 is 2.00 bits per heavy atom. The summed E-state index contributed by atoms with van der Waals surface area (Å²) < 4.78 is 0. The van der Waals surface area contributed by atoms with Crippen molar-refractivity contribution >= 4 is 11.6 Å². The van der Waals surface area contributed by atoms with E-state index < -0.39 is 0 Å². The smallest absolute Gasteiger partial charge is 0.0254 e. The molecule has 0 aliphatic carbocycles. The van der Waals surface area contributed by atoms with Crippen molar-refractivity contribution in [2.24, 2.45) is 0 Å². The number of alkyl halides is 1. The van der Waals surface area contributed by atoms with Gasteiger partial charge in [0, 0.05) is 5.88 Å². The fourth-order valence-electron chi connectivity index (χ4n) is 0.793. The average molecular weight is 148 g/mol. The van der Waals surface area contributed by atoms with Crippen LogP contribution in [0.1, 0.15) is 39.0 Å². The van der Waals surface area contributed by atoms with Crippen LogP contribution in [-0.2, 0) is 0 Å². The topological polar surface area (TPSA) is 0 Å². The zero-order valence-corrected chi connectivity index (χ0v) is 6.95. The lowest BCUT2D eigenvalue weighted by Crippen LogP contribution is -1.79. The van der Waals surface area contributed by atoms with Crippen molar-refractivity contribution in [2.45, 2.75) is 39.0 Å². The van der Waals surface area contributed by atoms with Gasteiger partial charge in [-0.3, -0.25) is 0 Å². The van der Waals surface area contributed by atoms with Crippen molar-refractivity contribution in [1.29, 1.82) is 0 Å². The van der Waals surface area contributed by atoms with E-state index in [9.17, 15) is 0 Å². The largest absolute Gasteiger partial charge is 0.126 e. The molecule has 0 rings (SSSR count). The standard InChI is InChI=1S/C8H16Cl/c1-2-3-4-5-6-7-8-9/h7H,2-6,8H2,1H3. The number of rotatable bonds is 6. The van der Waals surface area contributed by atoms with Crippen LogP contribution in [0, 0.1) is 6.42 Å². The van der Waals surface area contributed by atoms with E-state index in [1.165, 1.54) is 32.1 Å². The van der Waals surface area contributed by atoms with Gasteiger partial charge in [-0.25, -0.2) is 0 Å². The minimum Gasteiger partial charge on any atom is -0.126 e. The van der Waals surface area contributed by atoms with E-state index in [0.717, 1.165) is 0 Å². The minimum atomic E-state index is 0.714. The van der Waals surface area contributed by atoms with Gasteiger partial charge in [0.25, 0.3) is 0 Å². The first kappa shape index (κ1) is 9.29. The molecule has 0 unspecified atom stereocenters. The van der Waals surface area contributed by atoms with E-state index in [0.29, 0.717) is 5.88 Å². The molecule has 0 heterocycles. The SMILES string of the molecule is CCCCCC[CH]CCl. The molecule has 0 amide bonds. The second-order valence-electron chi connectivity index (χ2n) is 2.29. The van der Waals surface area contributed by atoms with Crippen LogP contribution in [-0.4, -0.2) is 5.88 Å². The molecule has 0 saturated carbocycles. The van der Waals surface area contributed by atoms with E-state index in [1.807, 2.05) is 0 Å². The maximum atomic E-state index is 5.46. The van der Waals surface area contributed by atoms with Gasteiger partial charge < -0.3 is 0 Å². The van der Waals surface area contributed by atoms with Crippen LogP contribution in [0.15, 0.2) is 0 Å². The summed E-state index contributed by atoms with van der Waals surface area (Å²) in [5.41, 5.74) is 0. The molecule has 0 saturated heterocycles. The number of hydrogen-bond acceptors (Lipinski definition) is 0. The predicted molar refractivity (Wildman–Crippen MR) is 43.8 cm³/mol. The molecule has 0 spiro atoms. The summed E-state index contributed by atoms with van der Waals surface area (Å²) in [4.78, 5) is 0. The molecule has 0 aliphatic heterocycles. The van der Waals surface area contributed by atoms with E-state index in [4.69, 9.17) is 11.6 Å². The molecular weight excluding hydrogens is 132 g/mol. The summed E-state index contributed by atoms with van der Waals surface area (Å²) in [5.74, 6) is 0.714. The molecular formula is C8H16Cl. The van der Waals surface area contributed by atoms with Crippen LogP contribution in [0.2, 0.25) is 0 Å². The highest BCUT2D eigenvalue weighted by atomic mass is 35.5. The van der Waals surface area contributed by atoms with Crippen molar-refractivity contribution in [3.8, 4) is 0 Å². The van der Waals surface area contributed by atoms with E-state index >= 15 is 0 Å². The van der Waals surface area contributed by atoms with Gasteiger partial charge in [0.1, 0.15) is 0 Å². The monoisotopic (exact) mass is 147 g/mol. The number of unbranched alkanes of at least 4 members (excludes halogenated alkanes) is 5. The number of hydrogen-bond donors (Lipinski definition) is 0. The molecule has 0 aromatic carbocycles. The summed E-state index contributed by atoms with van der Waals surface area (Å²) >= 11 is 5.46. The minimum absolute atomic E-state index is 0.714. The Hall–Kier alpha value is 0.290. The van der Waals surface area contributed by atoms with Crippen LogP contribution in [0.25, 0.3) is 0 Å². The van der Waals surface area contributed by atoms with Gasteiger partial charge in [-0.15, -0.1) is 11.6 Å². The first-order valence-electron chi connectivity index (χ1n) is 3.79. The summed E-state index contributed by atoms with van der Waals surface area (Å²) in [7, 11) is 0. The van der Waals surface area contributed by atoms with E-state index in [2.05, 4.69) is 13.3 Å². The molecule has 0 fully saturated rings. The Balaban J connectivity index is 2.60. The van der Waals surface area contributed by atoms with Gasteiger partial charge in [0.2, 0.25) is 0 Å². The van der Waals surface area contributed by atoms with Crippen LogP contribution in [0.4, 0.5) is 0 Å². The normalized spacial score (nSPS) is 10.0. The quantitative estimate of drug-likeness (QED) is 0.399. The highest BCUT2D eigenvalue weighted by molar-refractivity contribution is 6.18. The summed E-state index contributed by atoms with van der Waals surface area (Å²) in [6, 6.07) is 0. The van der Waals surface area contributed by atoms with Gasteiger partial charge in [-0.2, -0.15) is 0 Å². The molecule has 0 bridgehead atoms. The van der Waals surface area contributed by atoms with Crippen LogP contribution in [0.3, 0.4) is 0 Å². The fraction of sp³-hybridized carbons (Fsp3) is 0.875. The van der Waals surface area contributed by atoms with E-state index in [1.54, 1.807) is 0 Å². The molecule has 0 aromatic heterocycles. The maximum Gasteiger partial charge on any atom is 0.0254 e. The average Bonchev–Trinajstić information content (AvgIpc) is 1.89. The van der Waals surface area contributed by atoms with Gasteiger partial charge in [0.15, 0.2) is 0 Å². The lowest BCUT2D eigenvalue weighted by Gasteiger charge is -1.95. The Bertz CT molecular complexity index is 37.8. The molecule has 0 aliphatic rings. The fourth-order valence-corrected chi connectivity index (χ4v) is 0.947. The van der Waals surface area contributed by atoms with Crippen molar-refractivity contribution in [1.82, 2.24) is 0 Å². The van der Waals surface area contributed by atoms with Crippen molar-refractivity contribution in [3.05, 3.63) is 6.42 Å². The zero-order valence-electron chi connectivity index (χ0n) is 6.20. The van der Waals surface area contributed by atoms with Gasteiger partial charge in [-0.1, -0.05) is 32.6 Å². The molecule has 0 atom stereocenters.